The molecule has 10 N–H and O–H groups in total. The Hall–Kier alpha value is -8.46. The second kappa shape index (κ2) is 35.7. The minimum absolute atomic E-state index is 0. The van der Waals surface area contributed by atoms with Crippen LogP contribution in [0.1, 0.15) is 33.1 Å². The summed E-state index contributed by atoms with van der Waals surface area (Å²) < 4.78 is 61.6. The summed E-state index contributed by atoms with van der Waals surface area (Å²) in [7, 11) is 9.07. The Kier molecular flexibility index (Phi) is 29.9. The number of anilines is 5. The van der Waals surface area contributed by atoms with Crippen molar-refractivity contribution in [1.82, 2.24) is 0 Å². The average Bonchev–Trinajstić information content (AvgIpc) is 3.39. The molecule has 0 radical (unpaired) electrons. The van der Waals surface area contributed by atoms with Crippen molar-refractivity contribution in [2.75, 3.05) is 110 Å². The number of aromatic hydroxyl groups is 4. The van der Waals surface area contributed by atoms with Crippen molar-refractivity contribution in [2.24, 2.45) is 0 Å². The largest absolute Gasteiger partial charge is 0.504 e. The molecule has 0 fully saturated rings. The van der Waals surface area contributed by atoms with Gasteiger partial charge >= 0.3 is 0 Å². The van der Waals surface area contributed by atoms with E-state index in [2.05, 4.69) is 21.3 Å². The molecule has 416 valence electrons. The monoisotopic (exact) mass is 1070 g/mol. The molecule has 5 rings (SSSR count). The molecule has 5 aromatic rings. The van der Waals surface area contributed by atoms with Crippen molar-refractivity contribution < 1.29 is 96.4 Å². The van der Waals surface area contributed by atoms with E-state index in [1.54, 1.807) is 68.8 Å². The van der Waals surface area contributed by atoms with Gasteiger partial charge in [-0.3, -0.25) is 19.2 Å². The van der Waals surface area contributed by atoms with E-state index in [9.17, 15) is 39.6 Å². The normalized spacial score (nSPS) is 10.1. The van der Waals surface area contributed by atoms with Crippen LogP contribution in [0.25, 0.3) is 0 Å². The van der Waals surface area contributed by atoms with Gasteiger partial charge in [-0.2, -0.15) is 0 Å². The van der Waals surface area contributed by atoms with Crippen molar-refractivity contribution in [3.05, 3.63) is 91.0 Å². The molecular formula is C51H67N5O20. The van der Waals surface area contributed by atoms with E-state index in [0.717, 1.165) is 0 Å². The molecule has 0 unspecified atom stereocenters. The van der Waals surface area contributed by atoms with Crippen molar-refractivity contribution >= 4 is 52.1 Å². The maximum Gasteiger partial charge on any atom is 0.224 e. The summed E-state index contributed by atoms with van der Waals surface area (Å²) in [5.74, 6) is -0.198. The first-order valence-electron chi connectivity index (χ1n) is 22.2. The number of rotatable bonds is 28. The molecular weight excluding hydrogens is 1000 g/mol. The average molecular weight is 1070 g/mol. The first-order chi connectivity index (χ1) is 36.1. The number of hydrogen-bond donors (Lipinski definition) is 9. The molecule has 0 saturated carbocycles. The van der Waals surface area contributed by atoms with Gasteiger partial charge in [0.05, 0.1) is 0 Å². The van der Waals surface area contributed by atoms with Gasteiger partial charge in [-0.15, -0.1) is 0 Å². The number of hydrogen-bond acceptors (Lipinski definition) is 21. The van der Waals surface area contributed by atoms with Gasteiger partial charge in [0.2, 0.25) is 23.6 Å². The van der Waals surface area contributed by atoms with Crippen LogP contribution in [0.4, 0.5) is 28.4 Å². The Morgan fingerprint density at radius 2 is 0.605 bits per heavy atom. The number of carbonyl (C=O) groups is 4. The van der Waals surface area contributed by atoms with Crippen LogP contribution >= 0.6 is 0 Å². The Morgan fingerprint density at radius 3 is 0.895 bits per heavy atom. The summed E-state index contributed by atoms with van der Waals surface area (Å²) in [5, 5.41) is 47.5. The molecule has 76 heavy (non-hydrogen) atoms. The Morgan fingerprint density at radius 1 is 0.355 bits per heavy atom. The van der Waals surface area contributed by atoms with Crippen molar-refractivity contribution in [3.63, 3.8) is 0 Å². The molecule has 0 aromatic heterocycles. The second-order valence-corrected chi connectivity index (χ2v) is 14.9. The van der Waals surface area contributed by atoms with Gasteiger partial charge in [0.15, 0.2) is 98.3 Å². The number of phenolic OH excluding ortho intramolecular Hbond substituents is 4. The highest BCUT2D eigenvalue weighted by Crippen LogP contribution is 2.33. The van der Waals surface area contributed by atoms with E-state index >= 15 is 0 Å². The number of nitrogens with one attached hydrogen (secondary N) is 4. The maximum atomic E-state index is 12.4. The lowest BCUT2D eigenvalue weighted by molar-refractivity contribution is -0.121. The number of methoxy groups -OCH3 is 6. The van der Waals surface area contributed by atoms with Gasteiger partial charge in [-0.25, -0.2) is 0 Å². The van der Waals surface area contributed by atoms with Gasteiger partial charge in [-0.05, 0) is 60.7 Å². The van der Waals surface area contributed by atoms with Crippen molar-refractivity contribution in [2.45, 2.75) is 33.1 Å². The molecule has 4 amide bonds. The highest BCUT2D eigenvalue weighted by Gasteiger charge is 2.15. The molecule has 25 heteroatoms. The first kappa shape index (κ1) is 63.7. The molecule has 0 spiro atoms. The quantitative estimate of drug-likeness (QED) is 0.0109. The Labute approximate surface area is 439 Å². The minimum Gasteiger partial charge on any atom is -0.504 e. The van der Waals surface area contributed by atoms with Crippen LogP contribution in [0.3, 0.4) is 0 Å². The van der Waals surface area contributed by atoms with Crippen LogP contribution < -0.4 is 55.4 Å². The second-order valence-electron chi connectivity index (χ2n) is 14.9. The molecule has 0 aliphatic heterocycles. The lowest BCUT2D eigenvalue weighted by atomic mass is 10.2. The predicted molar refractivity (Wildman–Crippen MR) is 278 cm³/mol. The highest BCUT2D eigenvalue weighted by atomic mass is 16.7. The third-order valence-corrected chi connectivity index (χ3v) is 9.09. The van der Waals surface area contributed by atoms with Crippen LogP contribution in [-0.4, -0.2) is 127 Å². The fourth-order valence-corrected chi connectivity index (χ4v) is 5.68. The number of nitrogen functional groups attached to an aromatic ring is 1. The molecule has 0 aliphatic carbocycles. The fourth-order valence-electron chi connectivity index (χ4n) is 5.68. The van der Waals surface area contributed by atoms with Crippen LogP contribution in [0.15, 0.2) is 91.0 Å². The maximum absolute atomic E-state index is 12.4. The van der Waals surface area contributed by atoms with E-state index in [1.807, 2.05) is 0 Å². The van der Waals surface area contributed by atoms with Crippen molar-refractivity contribution in [1.29, 1.82) is 0 Å². The lowest BCUT2D eigenvalue weighted by Gasteiger charge is -2.14. The van der Waals surface area contributed by atoms with Crippen LogP contribution in [-0.2, 0) is 47.6 Å². The van der Waals surface area contributed by atoms with E-state index in [0.29, 0.717) is 62.9 Å². The molecule has 0 bridgehead atoms. The lowest BCUT2D eigenvalue weighted by Crippen LogP contribution is -2.17. The summed E-state index contributed by atoms with van der Waals surface area (Å²) in [6.07, 6.45) is -0.275. The predicted octanol–water partition coefficient (Wildman–Crippen LogP) is 6.71. The van der Waals surface area contributed by atoms with Gasteiger partial charge in [0.1, 0.15) is 0 Å². The minimum atomic E-state index is -0.441. The van der Waals surface area contributed by atoms with E-state index in [1.165, 1.54) is 64.8 Å². The summed E-state index contributed by atoms with van der Waals surface area (Å²) in [6.45, 7) is 0.372. The summed E-state index contributed by atoms with van der Waals surface area (Å²) >= 11 is 0. The van der Waals surface area contributed by atoms with E-state index < -0.39 is 11.8 Å². The number of carbonyl (C=O) groups excluding carboxylic acids is 4. The standard InChI is InChI=1S/C24H32N2O10.C16H16N2O6.C10H15NO4.CH4/c1-29-13-33-19-7-5-17(11-21(19)35-15-31-3)25-23(27)9-10-24(28)26-18-6-8-20(34-14-30-2)22(12-18)36-16-32-4;19-11-3-1-9(7-13(11)21)17-15(23)5-6-16(24)18-10-2-4-12(20)14(22)8-10;1-12-6-14-9-4-3-8(11)5-10(9)15-7-13-2;/h5-8,11-12H,9-10,13-16H2,1-4H3,(H,25,27)(H,26,28);1-4,7-8,19-22H,5-6H2,(H,17,23)(H,18,24);3-5H,6-7,11H2,1-2H3;1H4. The number of phenols is 4. The smallest absolute Gasteiger partial charge is 0.224 e. The fraction of sp³-hybridized carbons (Fsp3) is 0.333. The van der Waals surface area contributed by atoms with Crippen molar-refractivity contribution in [3.8, 4) is 57.5 Å². The summed E-state index contributed by atoms with van der Waals surface area (Å²) in [5.41, 5.74) is 7.75. The molecule has 5 aromatic carbocycles. The summed E-state index contributed by atoms with van der Waals surface area (Å²) in [4.78, 5) is 48.3. The van der Waals surface area contributed by atoms with E-state index in [-0.39, 0.29) is 109 Å². The van der Waals surface area contributed by atoms with Gasteiger partial charge in [0, 0.05) is 127 Å². The molecule has 0 atom stereocenters. The summed E-state index contributed by atoms with van der Waals surface area (Å²) in [6, 6.07) is 22.5. The Balaban J connectivity index is 0.000000424. The number of amides is 4. The molecule has 0 heterocycles. The zero-order chi connectivity index (χ0) is 55.0. The first-order valence-corrected chi connectivity index (χ1v) is 22.2. The number of benzene rings is 5. The zero-order valence-corrected chi connectivity index (χ0v) is 42.1. The van der Waals surface area contributed by atoms with Gasteiger partial charge in [0.25, 0.3) is 0 Å². The van der Waals surface area contributed by atoms with E-state index in [4.69, 9.17) is 62.6 Å². The Bertz CT molecular complexity index is 2420. The number of nitrogens with two attached hydrogens (primary N) is 1. The zero-order valence-electron chi connectivity index (χ0n) is 42.1. The van der Waals surface area contributed by atoms with Gasteiger partial charge < -0.3 is 104 Å². The molecule has 0 saturated heterocycles. The van der Waals surface area contributed by atoms with Crippen LogP contribution in [0, 0.1) is 0 Å². The van der Waals surface area contributed by atoms with Crippen LogP contribution in [0.5, 0.6) is 57.5 Å². The highest BCUT2D eigenvalue weighted by molar-refractivity contribution is 5.98. The third-order valence-electron chi connectivity index (χ3n) is 9.09. The SMILES string of the molecule is C.COCOc1ccc(N)cc1OCOC.COCOc1ccc(NC(=O)CCC(=O)Nc2ccc(OCOC)c(OCOC)c2)cc1OCOC.O=C(CCC(=O)Nc1ccc(O)c(O)c1)Nc1ccc(O)c(O)c1. The topological polar surface area (TPSA) is 334 Å². The third kappa shape index (κ3) is 24.1. The van der Waals surface area contributed by atoms with Crippen LogP contribution in [0.2, 0.25) is 0 Å². The number of ether oxygens (including phenoxy) is 12. The van der Waals surface area contributed by atoms with Gasteiger partial charge in [-0.1, -0.05) is 7.43 Å². The molecule has 25 nitrogen and oxygen atoms in total. The molecule has 0 aliphatic rings.